The van der Waals surface area contributed by atoms with Crippen LogP contribution < -0.4 is 5.32 Å². The van der Waals surface area contributed by atoms with Gasteiger partial charge < -0.3 is 9.80 Å². The van der Waals surface area contributed by atoms with E-state index in [-0.39, 0.29) is 17.4 Å². The van der Waals surface area contributed by atoms with Gasteiger partial charge in [0.25, 0.3) is 0 Å². The number of amides is 3. The van der Waals surface area contributed by atoms with Crippen LogP contribution in [-0.4, -0.2) is 64.3 Å². The maximum Gasteiger partial charge on any atom is 0.328 e. The molecule has 7 nitrogen and oxygen atoms in total. The van der Waals surface area contributed by atoms with Gasteiger partial charge in [-0.25, -0.2) is 9.78 Å². The third-order valence-corrected chi connectivity index (χ3v) is 8.41. The molecule has 2 atom stereocenters. The monoisotopic (exact) mass is 487 g/mol. The highest BCUT2D eigenvalue weighted by Gasteiger charge is 2.51. The van der Waals surface area contributed by atoms with Crippen molar-refractivity contribution >= 4 is 40.0 Å². The zero-order chi connectivity index (χ0) is 23.2. The average Bonchev–Trinajstić information content (AvgIpc) is 3.44. The molecule has 176 valence electrons. The van der Waals surface area contributed by atoms with Crippen molar-refractivity contribution in [1.29, 1.82) is 0 Å². The first-order valence-corrected chi connectivity index (χ1v) is 12.8. The molecular weight excluding hydrogens is 458 g/mol. The molecule has 3 amide bonds. The molecule has 0 aromatic carbocycles. The number of aromatic nitrogens is 1. The number of likely N-dealkylation sites (tertiary alicyclic amines) is 3. The molecule has 1 aromatic heterocycles. The normalized spacial score (nSPS) is 26.1. The largest absolute Gasteiger partial charge is 0.375 e. The second-order valence-corrected chi connectivity index (χ2v) is 11.3. The minimum absolute atomic E-state index is 0.108. The number of rotatable bonds is 5. The molecule has 9 heteroatoms. The second kappa shape index (κ2) is 8.80. The second-order valence-electron chi connectivity index (χ2n) is 9.61. The van der Waals surface area contributed by atoms with Gasteiger partial charge in [0.15, 0.2) is 5.13 Å². The Labute approximate surface area is 203 Å². The number of nitrogens with one attached hydrogen (secondary N) is 1. The molecule has 2 unspecified atom stereocenters. The lowest BCUT2D eigenvalue weighted by atomic mass is 9.76. The first-order chi connectivity index (χ1) is 15.8. The van der Waals surface area contributed by atoms with Gasteiger partial charge in [-0.3, -0.25) is 15.0 Å². The van der Waals surface area contributed by atoms with E-state index in [2.05, 4.69) is 33.9 Å². The maximum atomic E-state index is 13.2. The van der Waals surface area contributed by atoms with Crippen LogP contribution in [0.5, 0.6) is 0 Å². The van der Waals surface area contributed by atoms with Crippen molar-refractivity contribution in [2.45, 2.75) is 39.0 Å². The summed E-state index contributed by atoms with van der Waals surface area (Å²) in [7, 11) is 0. The SMILES string of the molecule is C=C(C)N1CCC2(C1)CN(C(=O)Nc1ncc(Cl)s1)C1=CCC(CCC(=O)N3CCC3)C=C12. The number of urea groups is 1. The predicted molar refractivity (Wildman–Crippen MR) is 131 cm³/mol. The molecule has 5 rings (SSSR count). The van der Waals surface area contributed by atoms with Gasteiger partial charge in [-0.15, -0.1) is 0 Å². The number of hydrogen-bond donors (Lipinski definition) is 1. The van der Waals surface area contributed by atoms with Crippen LogP contribution in [0.3, 0.4) is 0 Å². The first kappa shape index (κ1) is 22.5. The molecule has 0 bridgehead atoms. The summed E-state index contributed by atoms with van der Waals surface area (Å²) in [6.45, 7) is 10.4. The van der Waals surface area contributed by atoms with Crippen LogP contribution in [-0.2, 0) is 4.79 Å². The van der Waals surface area contributed by atoms with E-state index in [0.29, 0.717) is 28.4 Å². The van der Waals surface area contributed by atoms with E-state index in [4.69, 9.17) is 11.6 Å². The first-order valence-electron chi connectivity index (χ1n) is 11.7. The van der Waals surface area contributed by atoms with Gasteiger partial charge in [0, 0.05) is 56.0 Å². The maximum absolute atomic E-state index is 13.2. The van der Waals surface area contributed by atoms with Crippen molar-refractivity contribution in [2.75, 3.05) is 38.0 Å². The molecule has 3 saturated heterocycles. The third kappa shape index (κ3) is 4.30. The summed E-state index contributed by atoms with van der Waals surface area (Å²) < 4.78 is 0.546. The fourth-order valence-electron chi connectivity index (χ4n) is 5.37. The highest BCUT2D eigenvalue weighted by atomic mass is 35.5. The van der Waals surface area contributed by atoms with Crippen LogP contribution in [0.25, 0.3) is 0 Å². The van der Waals surface area contributed by atoms with E-state index in [1.807, 2.05) is 16.7 Å². The zero-order valence-corrected chi connectivity index (χ0v) is 20.6. The number of hydrogen-bond acceptors (Lipinski definition) is 5. The average molecular weight is 488 g/mol. The van der Waals surface area contributed by atoms with Crippen molar-refractivity contribution < 1.29 is 9.59 Å². The van der Waals surface area contributed by atoms with Gasteiger partial charge >= 0.3 is 6.03 Å². The Balaban J connectivity index is 1.35. The van der Waals surface area contributed by atoms with Crippen LogP contribution in [0.4, 0.5) is 9.93 Å². The number of halogens is 1. The van der Waals surface area contributed by atoms with Crippen LogP contribution in [0.15, 0.2) is 41.9 Å². The van der Waals surface area contributed by atoms with Gasteiger partial charge in [0.05, 0.1) is 6.20 Å². The van der Waals surface area contributed by atoms with Crippen LogP contribution in [0, 0.1) is 11.3 Å². The fraction of sp³-hybridized carbons (Fsp3) is 0.542. The Kier molecular flexibility index (Phi) is 5.99. The van der Waals surface area contributed by atoms with Crippen molar-refractivity contribution in [3.05, 3.63) is 46.2 Å². The molecule has 33 heavy (non-hydrogen) atoms. The van der Waals surface area contributed by atoms with Crippen LogP contribution in [0.2, 0.25) is 4.34 Å². The van der Waals surface area contributed by atoms with Gasteiger partial charge in [-0.1, -0.05) is 41.7 Å². The highest BCUT2D eigenvalue weighted by Crippen LogP contribution is 2.51. The van der Waals surface area contributed by atoms with Gasteiger partial charge in [0.1, 0.15) is 4.34 Å². The predicted octanol–water partition coefficient (Wildman–Crippen LogP) is 4.71. The topological polar surface area (TPSA) is 68.8 Å². The molecular formula is C24H30ClN5O2S. The van der Waals surface area contributed by atoms with Crippen molar-refractivity contribution in [2.24, 2.45) is 11.3 Å². The zero-order valence-electron chi connectivity index (χ0n) is 19.0. The smallest absolute Gasteiger partial charge is 0.328 e. The molecule has 3 fully saturated rings. The van der Waals surface area contributed by atoms with E-state index >= 15 is 0 Å². The highest BCUT2D eigenvalue weighted by molar-refractivity contribution is 7.19. The molecule has 4 heterocycles. The number of carbonyl (C=O) groups is 2. The molecule has 0 radical (unpaired) electrons. The Bertz CT molecular complexity index is 1050. The Morgan fingerprint density at radius 3 is 2.76 bits per heavy atom. The van der Waals surface area contributed by atoms with E-state index in [1.165, 1.54) is 16.9 Å². The number of thiazole rings is 1. The Morgan fingerprint density at radius 2 is 2.12 bits per heavy atom. The molecule has 3 aliphatic heterocycles. The molecule has 0 saturated carbocycles. The summed E-state index contributed by atoms with van der Waals surface area (Å²) in [6, 6.07) is -0.171. The lowest BCUT2D eigenvalue weighted by molar-refractivity contribution is -0.134. The molecule has 4 aliphatic rings. The quantitative estimate of drug-likeness (QED) is 0.652. The van der Waals surface area contributed by atoms with Crippen molar-refractivity contribution in [1.82, 2.24) is 19.7 Å². The van der Waals surface area contributed by atoms with E-state index < -0.39 is 0 Å². The number of carbonyl (C=O) groups excluding carboxylic acids is 2. The van der Waals surface area contributed by atoms with Crippen LogP contribution in [0.1, 0.15) is 39.0 Å². The number of allylic oxidation sites excluding steroid dienone is 4. The summed E-state index contributed by atoms with van der Waals surface area (Å²) >= 11 is 7.25. The summed E-state index contributed by atoms with van der Waals surface area (Å²) in [5.41, 5.74) is 3.21. The summed E-state index contributed by atoms with van der Waals surface area (Å²) in [4.78, 5) is 35.9. The standard InChI is InChI=1S/C24H30ClN5O2S/c1-16(2)29-11-8-24(14-29)15-30(23(32)27-22-26-13-20(25)33-22)19-6-4-17(12-18(19)24)5-7-21(31)28-9-3-10-28/h6,12-13,17H,1,3-5,7-11,14-15H2,2H3,(H,26,27,32). The number of nitrogens with zero attached hydrogens (tertiary/aromatic N) is 4. The minimum atomic E-state index is -0.171. The molecule has 1 aliphatic carbocycles. The van der Waals surface area contributed by atoms with Crippen molar-refractivity contribution in [3.8, 4) is 0 Å². The van der Waals surface area contributed by atoms with Gasteiger partial charge in [0.2, 0.25) is 5.91 Å². The minimum Gasteiger partial charge on any atom is -0.375 e. The Hall–Kier alpha value is -2.32. The fourth-order valence-corrected chi connectivity index (χ4v) is 6.17. The van der Waals surface area contributed by atoms with Gasteiger partial charge in [-0.05, 0) is 44.1 Å². The van der Waals surface area contributed by atoms with E-state index in [0.717, 1.165) is 63.3 Å². The van der Waals surface area contributed by atoms with E-state index in [1.54, 1.807) is 6.20 Å². The summed E-state index contributed by atoms with van der Waals surface area (Å²) in [6.07, 6.45) is 10.5. The van der Waals surface area contributed by atoms with Crippen molar-refractivity contribution in [3.63, 3.8) is 0 Å². The third-order valence-electron chi connectivity index (χ3n) is 7.38. The summed E-state index contributed by atoms with van der Waals surface area (Å²) in [5, 5.41) is 3.42. The number of fused-ring (bicyclic) bond motifs is 2. The van der Waals surface area contributed by atoms with E-state index in [9.17, 15) is 9.59 Å². The lowest BCUT2D eigenvalue weighted by Gasteiger charge is -2.32. The molecule has 1 N–H and O–H groups in total. The molecule has 1 spiro atoms. The number of anilines is 1. The summed E-state index contributed by atoms with van der Waals surface area (Å²) in [5.74, 6) is 0.596. The lowest BCUT2D eigenvalue weighted by Crippen LogP contribution is -2.42. The Morgan fingerprint density at radius 1 is 1.30 bits per heavy atom. The molecule has 1 aromatic rings. The van der Waals surface area contributed by atoms with Gasteiger partial charge in [-0.2, -0.15) is 0 Å². The van der Waals surface area contributed by atoms with Crippen LogP contribution >= 0.6 is 22.9 Å².